The van der Waals surface area contributed by atoms with E-state index in [2.05, 4.69) is 5.32 Å². The van der Waals surface area contributed by atoms with Crippen LogP contribution in [-0.2, 0) is 16.1 Å². The third kappa shape index (κ3) is 4.40. The topological polar surface area (TPSA) is 92.8 Å². The molecule has 2 aromatic carbocycles. The molecular formula is C23H24N2O5. The molecule has 0 spiro atoms. The molecular weight excluding hydrogens is 384 g/mol. The minimum Gasteiger partial charge on any atom is -0.467 e. The summed E-state index contributed by atoms with van der Waals surface area (Å²) < 4.78 is 4.78. The van der Waals surface area contributed by atoms with Gasteiger partial charge in [-0.15, -0.1) is 0 Å². The summed E-state index contributed by atoms with van der Waals surface area (Å²) in [6, 6.07) is 12.6. The monoisotopic (exact) mass is 408 g/mol. The number of hydrogen-bond donors (Lipinski definition) is 1. The molecule has 0 radical (unpaired) electrons. The van der Waals surface area contributed by atoms with Crippen LogP contribution in [0, 0.1) is 5.92 Å². The summed E-state index contributed by atoms with van der Waals surface area (Å²) >= 11 is 0. The summed E-state index contributed by atoms with van der Waals surface area (Å²) in [5, 5.41) is 2.71. The molecule has 1 aliphatic rings. The number of carbonyl (C=O) groups is 4. The highest BCUT2D eigenvalue weighted by Gasteiger charge is 2.35. The number of amides is 3. The molecule has 3 amide bonds. The normalized spacial score (nSPS) is 13.9. The van der Waals surface area contributed by atoms with Gasteiger partial charge in [0, 0.05) is 5.56 Å². The summed E-state index contributed by atoms with van der Waals surface area (Å²) in [6.07, 6.45) is 0.452. The maximum Gasteiger partial charge on any atom is 0.328 e. The molecule has 1 aliphatic heterocycles. The lowest BCUT2D eigenvalue weighted by atomic mass is 10.0. The molecule has 7 nitrogen and oxygen atoms in total. The first kappa shape index (κ1) is 21.2. The lowest BCUT2D eigenvalue weighted by molar-refractivity contribution is -0.143. The molecule has 0 saturated heterocycles. The zero-order valence-electron chi connectivity index (χ0n) is 17.2. The van der Waals surface area contributed by atoms with Crippen molar-refractivity contribution >= 4 is 23.7 Å². The highest BCUT2D eigenvalue weighted by molar-refractivity contribution is 6.21. The minimum absolute atomic E-state index is 0.0554. The lowest BCUT2D eigenvalue weighted by Crippen LogP contribution is -2.42. The average molecular weight is 408 g/mol. The van der Waals surface area contributed by atoms with Gasteiger partial charge in [0.1, 0.15) is 6.04 Å². The molecule has 2 aromatic rings. The smallest absolute Gasteiger partial charge is 0.328 e. The Morgan fingerprint density at radius 1 is 1.00 bits per heavy atom. The number of methoxy groups -OCH3 is 1. The van der Waals surface area contributed by atoms with Gasteiger partial charge >= 0.3 is 5.97 Å². The van der Waals surface area contributed by atoms with Crippen LogP contribution in [0.5, 0.6) is 0 Å². The number of fused-ring (bicyclic) bond motifs is 1. The Morgan fingerprint density at radius 3 is 2.20 bits per heavy atom. The van der Waals surface area contributed by atoms with Crippen LogP contribution < -0.4 is 5.32 Å². The SMILES string of the molecule is COC(=O)C(CC(C)C)NC(=O)c1cccc(CN2C(=O)c3ccccc3C2=O)c1. The van der Waals surface area contributed by atoms with Crippen molar-refractivity contribution in [1.82, 2.24) is 10.2 Å². The Kier molecular flexibility index (Phi) is 6.30. The second kappa shape index (κ2) is 8.90. The van der Waals surface area contributed by atoms with Crippen LogP contribution in [0.25, 0.3) is 0 Å². The second-order valence-electron chi connectivity index (χ2n) is 7.62. The van der Waals surface area contributed by atoms with Crippen LogP contribution in [0.4, 0.5) is 0 Å². The molecule has 1 atom stereocenters. The zero-order valence-corrected chi connectivity index (χ0v) is 17.2. The first-order valence-electron chi connectivity index (χ1n) is 9.74. The fourth-order valence-corrected chi connectivity index (χ4v) is 3.45. The summed E-state index contributed by atoms with van der Waals surface area (Å²) in [6.45, 7) is 3.95. The number of hydrogen-bond acceptors (Lipinski definition) is 5. The first-order valence-corrected chi connectivity index (χ1v) is 9.74. The number of imide groups is 1. The van der Waals surface area contributed by atoms with Gasteiger partial charge in [0.25, 0.3) is 17.7 Å². The fourth-order valence-electron chi connectivity index (χ4n) is 3.45. The van der Waals surface area contributed by atoms with Gasteiger partial charge in [-0.3, -0.25) is 19.3 Å². The lowest BCUT2D eigenvalue weighted by Gasteiger charge is -2.19. The van der Waals surface area contributed by atoms with Crippen molar-refractivity contribution in [3.63, 3.8) is 0 Å². The molecule has 156 valence electrons. The second-order valence-corrected chi connectivity index (χ2v) is 7.62. The molecule has 0 aliphatic carbocycles. The Morgan fingerprint density at radius 2 is 1.63 bits per heavy atom. The third-order valence-electron chi connectivity index (χ3n) is 4.91. The Hall–Kier alpha value is -3.48. The van der Waals surface area contributed by atoms with E-state index in [0.717, 1.165) is 4.90 Å². The Bertz CT molecular complexity index is 964. The van der Waals surface area contributed by atoms with Gasteiger partial charge in [0.2, 0.25) is 0 Å². The van der Waals surface area contributed by atoms with Crippen molar-refractivity contribution in [3.05, 3.63) is 70.8 Å². The van der Waals surface area contributed by atoms with Crippen LogP contribution in [0.2, 0.25) is 0 Å². The van der Waals surface area contributed by atoms with Gasteiger partial charge in [-0.25, -0.2) is 4.79 Å². The van der Waals surface area contributed by atoms with Crippen molar-refractivity contribution in [1.29, 1.82) is 0 Å². The molecule has 0 aromatic heterocycles. The van der Waals surface area contributed by atoms with E-state index >= 15 is 0 Å². The third-order valence-corrected chi connectivity index (χ3v) is 4.91. The van der Waals surface area contributed by atoms with Crippen molar-refractivity contribution in [3.8, 4) is 0 Å². The Balaban J connectivity index is 1.75. The van der Waals surface area contributed by atoms with E-state index < -0.39 is 17.9 Å². The summed E-state index contributed by atoms with van der Waals surface area (Å²) in [5.74, 6) is -1.44. The van der Waals surface area contributed by atoms with E-state index in [4.69, 9.17) is 4.74 Å². The molecule has 0 bridgehead atoms. The largest absolute Gasteiger partial charge is 0.467 e. The predicted molar refractivity (Wildman–Crippen MR) is 110 cm³/mol. The number of nitrogens with zero attached hydrogens (tertiary/aromatic N) is 1. The van der Waals surface area contributed by atoms with Crippen LogP contribution >= 0.6 is 0 Å². The maximum absolute atomic E-state index is 12.7. The van der Waals surface area contributed by atoms with Crippen LogP contribution in [-0.4, -0.2) is 41.7 Å². The number of ether oxygens (including phenoxy) is 1. The van der Waals surface area contributed by atoms with Crippen molar-refractivity contribution in [2.24, 2.45) is 5.92 Å². The van der Waals surface area contributed by atoms with E-state index in [-0.39, 0.29) is 24.3 Å². The van der Waals surface area contributed by atoms with Crippen molar-refractivity contribution < 1.29 is 23.9 Å². The number of esters is 1. The number of benzene rings is 2. The Labute approximate surface area is 175 Å². The van der Waals surface area contributed by atoms with E-state index in [0.29, 0.717) is 28.7 Å². The average Bonchev–Trinajstić information content (AvgIpc) is 2.97. The van der Waals surface area contributed by atoms with Gasteiger partial charge in [-0.2, -0.15) is 0 Å². The molecule has 1 N–H and O–H groups in total. The minimum atomic E-state index is -0.748. The van der Waals surface area contributed by atoms with Crippen molar-refractivity contribution in [2.45, 2.75) is 32.9 Å². The molecule has 1 heterocycles. The maximum atomic E-state index is 12.7. The molecule has 0 fully saturated rings. The number of carbonyl (C=O) groups excluding carboxylic acids is 4. The van der Waals surface area contributed by atoms with Gasteiger partial charge in [0.05, 0.1) is 24.8 Å². The fraction of sp³-hybridized carbons (Fsp3) is 0.304. The van der Waals surface area contributed by atoms with E-state index in [1.165, 1.54) is 7.11 Å². The van der Waals surface area contributed by atoms with E-state index in [9.17, 15) is 19.2 Å². The number of rotatable bonds is 7. The zero-order chi connectivity index (χ0) is 21.8. The van der Waals surface area contributed by atoms with Crippen molar-refractivity contribution in [2.75, 3.05) is 7.11 Å². The van der Waals surface area contributed by atoms with E-state index in [1.807, 2.05) is 13.8 Å². The van der Waals surface area contributed by atoms with Gasteiger partial charge in [-0.1, -0.05) is 38.1 Å². The molecule has 0 saturated carbocycles. The van der Waals surface area contributed by atoms with Crippen LogP contribution in [0.15, 0.2) is 48.5 Å². The molecule has 7 heteroatoms. The van der Waals surface area contributed by atoms with E-state index in [1.54, 1.807) is 48.5 Å². The summed E-state index contributed by atoms with van der Waals surface area (Å²) in [4.78, 5) is 50.9. The van der Waals surface area contributed by atoms with Gasteiger partial charge in [-0.05, 0) is 42.2 Å². The quantitative estimate of drug-likeness (QED) is 0.562. The molecule has 3 rings (SSSR count). The highest BCUT2D eigenvalue weighted by atomic mass is 16.5. The van der Waals surface area contributed by atoms with Gasteiger partial charge in [0.15, 0.2) is 0 Å². The number of nitrogens with one attached hydrogen (secondary N) is 1. The molecule has 30 heavy (non-hydrogen) atoms. The standard InChI is InChI=1S/C23H24N2O5/c1-14(2)11-19(23(29)30-3)24-20(26)16-8-6-7-15(12-16)13-25-21(27)17-9-4-5-10-18(17)22(25)28/h4-10,12,14,19H,11,13H2,1-3H3,(H,24,26). The summed E-state index contributed by atoms with van der Waals surface area (Å²) in [5.41, 5.74) is 1.73. The van der Waals surface area contributed by atoms with Gasteiger partial charge < -0.3 is 10.1 Å². The predicted octanol–water partition coefficient (Wildman–Crippen LogP) is 2.80. The molecule has 1 unspecified atom stereocenters. The van der Waals surface area contributed by atoms with Crippen LogP contribution in [0.1, 0.15) is 56.9 Å². The summed E-state index contributed by atoms with van der Waals surface area (Å²) in [7, 11) is 1.28. The highest BCUT2D eigenvalue weighted by Crippen LogP contribution is 2.24. The first-order chi connectivity index (χ1) is 14.3. The van der Waals surface area contributed by atoms with Crippen LogP contribution in [0.3, 0.4) is 0 Å².